The van der Waals surface area contributed by atoms with Crippen LogP contribution >= 0.6 is 0 Å². The molecule has 2 aliphatic rings. The molecule has 0 aromatic heterocycles. The molecule has 1 saturated heterocycles. The number of benzene rings is 3. The standard InChI is InChI=1S/C26H23N3O3/c30-23(17-28-13-15-29(16-14-28)18-7-2-1-3-8-18)27-22-12-6-11-21-24(22)26(32)20-10-5-4-9-19(20)25(21)31/h1-12H,13-17H2,(H,27,30). The van der Waals surface area contributed by atoms with Gasteiger partial charge in [0.2, 0.25) is 5.91 Å². The first kappa shape index (κ1) is 20.2. The highest BCUT2D eigenvalue weighted by Gasteiger charge is 2.31. The van der Waals surface area contributed by atoms with Crippen LogP contribution in [0.1, 0.15) is 31.8 Å². The van der Waals surface area contributed by atoms with Crippen molar-refractivity contribution in [2.75, 3.05) is 42.9 Å². The number of nitrogens with zero attached hydrogens (tertiary/aromatic N) is 2. The topological polar surface area (TPSA) is 69.7 Å². The number of rotatable bonds is 4. The number of piperazine rings is 1. The number of para-hydroxylation sites is 1. The van der Waals surface area contributed by atoms with E-state index in [1.807, 2.05) is 18.2 Å². The minimum atomic E-state index is -0.234. The summed E-state index contributed by atoms with van der Waals surface area (Å²) < 4.78 is 0. The van der Waals surface area contributed by atoms with Gasteiger partial charge in [-0.3, -0.25) is 19.3 Å². The molecule has 5 rings (SSSR count). The molecule has 1 N–H and O–H groups in total. The molecule has 0 saturated carbocycles. The Labute approximate surface area is 186 Å². The van der Waals surface area contributed by atoms with Gasteiger partial charge < -0.3 is 10.2 Å². The van der Waals surface area contributed by atoms with Crippen LogP contribution in [0.3, 0.4) is 0 Å². The fourth-order valence-electron chi connectivity index (χ4n) is 4.45. The molecule has 0 radical (unpaired) electrons. The second-order valence-electron chi connectivity index (χ2n) is 8.08. The van der Waals surface area contributed by atoms with E-state index in [-0.39, 0.29) is 29.6 Å². The first-order chi connectivity index (χ1) is 15.6. The highest BCUT2D eigenvalue weighted by molar-refractivity contribution is 6.30. The van der Waals surface area contributed by atoms with E-state index >= 15 is 0 Å². The summed E-state index contributed by atoms with van der Waals surface area (Å²) in [6.45, 7) is 3.49. The van der Waals surface area contributed by atoms with E-state index in [9.17, 15) is 14.4 Å². The lowest BCUT2D eigenvalue weighted by Gasteiger charge is -2.35. The number of nitrogens with one attached hydrogen (secondary N) is 1. The SMILES string of the molecule is O=C(CN1CCN(c2ccccc2)CC1)Nc1cccc2c1C(=O)c1ccccc1C2=O. The zero-order chi connectivity index (χ0) is 22.1. The van der Waals surface area contributed by atoms with Gasteiger partial charge >= 0.3 is 0 Å². The lowest BCUT2D eigenvalue weighted by Crippen LogP contribution is -2.48. The molecule has 1 heterocycles. The van der Waals surface area contributed by atoms with Gasteiger partial charge in [-0.2, -0.15) is 0 Å². The highest BCUT2D eigenvalue weighted by atomic mass is 16.2. The summed E-state index contributed by atoms with van der Waals surface area (Å²) in [4.78, 5) is 43.2. The average Bonchev–Trinajstić information content (AvgIpc) is 2.83. The maximum absolute atomic E-state index is 13.1. The van der Waals surface area contributed by atoms with Gasteiger partial charge in [0.25, 0.3) is 0 Å². The molecule has 0 spiro atoms. The zero-order valence-electron chi connectivity index (χ0n) is 17.6. The quantitative estimate of drug-likeness (QED) is 0.544. The van der Waals surface area contributed by atoms with Crippen molar-refractivity contribution in [2.24, 2.45) is 0 Å². The zero-order valence-corrected chi connectivity index (χ0v) is 17.6. The largest absolute Gasteiger partial charge is 0.369 e. The van der Waals surface area contributed by atoms with Crippen LogP contribution in [-0.4, -0.2) is 55.1 Å². The Morgan fingerprint density at radius 2 is 1.34 bits per heavy atom. The summed E-state index contributed by atoms with van der Waals surface area (Å²) >= 11 is 0. The predicted molar refractivity (Wildman–Crippen MR) is 123 cm³/mol. The van der Waals surface area contributed by atoms with Crippen LogP contribution in [0.2, 0.25) is 0 Å². The molecule has 1 fully saturated rings. The Morgan fingerprint density at radius 3 is 2.06 bits per heavy atom. The second kappa shape index (κ2) is 8.40. The third-order valence-corrected chi connectivity index (χ3v) is 6.09. The van der Waals surface area contributed by atoms with Crippen LogP contribution in [0.4, 0.5) is 11.4 Å². The average molecular weight is 425 g/mol. The van der Waals surface area contributed by atoms with E-state index in [0.29, 0.717) is 22.4 Å². The van der Waals surface area contributed by atoms with Gasteiger partial charge in [0.1, 0.15) is 0 Å². The first-order valence-corrected chi connectivity index (χ1v) is 10.8. The van der Waals surface area contributed by atoms with Crippen molar-refractivity contribution in [1.82, 2.24) is 4.90 Å². The van der Waals surface area contributed by atoms with E-state index in [2.05, 4.69) is 27.2 Å². The molecule has 6 heteroatoms. The molecule has 1 amide bonds. The van der Waals surface area contributed by atoms with E-state index in [4.69, 9.17) is 0 Å². The number of hydrogen-bond donors (Lipinski definition) is 1. The molecule has 1 aliphatic carbocycles. The summed E-state index contributed by atoms with van der Waals surface area (Å²) in [5.74, 6) is -0.614. The normalized spacial score (nSPS) is 15.8. The van der Waals surface area contributed by atoms with E-state index in [0.717, 1.165) is 26.2 Å². The fourth-order valence-corrected chi connectivity index (χ4v) is 4.45. The highest BCUT2D eigenvalue weighted by Crippen LogP contribution is 2.31. The molecule has 0 atom stereocenters. The molecular weight excluding hydrogens is 402 g/mol. The van der Waals surface area contributed by atoms with Crippen molar-refractivity contribution in [3.05, 3.63) is 95.1 Å². The Bertz CT molecular complexity index is 1200. The lowest BCUT2D eigenvalue weighted by molar-refractivity contribution is -0.117. The van der Waals surface area contributed by atoms with Crippen LogP contribution in [-0.2, 0) is 4.79 Å². The number of fused-ring (bicyclic) bond motifs is 2. The van der Waals surface area contributed by atoms with Crippen LogP contribution in [0.25, 0.3) is 0 Å². The molecule has 160 valence electrons. The molecule has 3 aromatic rings. The van der Waals surface area contributed by atoms with Gasteiger partial charge in [0.15, 0.2) is 11.6 Å². The Kier molecular flexibility index (Phi) is 5.29. The van der Waals surface area contributed by atoms with E-state index < -0.39 is 0 Å². The number of anilines is 2. The van der Waals surface area contributed by atoms with Crippen molar-refractivity contribution in [3.63, 3.8) is 0 Å². The molecular formula is C26H23N3O3. The first-order valence-electron chi connectivity index (χ1n) is 10.8. The van der Waals surface area contributed by atoms with Gasteiger partial charge in [-0.25, -0.2) is 0 Å². The molecule has 3 aromatic carbocycles. The van der Waals surface area contributed by atoms with E-state index in [1.165, 1.54) is 5.69 Å². The van der Waals surface area contributed by atoms with Crippen LogP contribution in [0.5, 0.6) is 0 Å². The van der Waals surface area contributed by atoms with Gasteiger partial charge in [-0.1, -0.05) is 54.6 Å². The van der Waals surface area contributed by atoms with Crippen molar-refractivity contribution in [3.8, 4) is 0 Å². The van der Waals surface area contributed by atoms with Crippen molar-refractivity contribution < 1.29 is 14.4 Å². The Hall–Kier alpha value is -3.77. The molecule has 1 aliphatic heterocycles. The number of amides is 1. The van der Waals surface area contributed by atoms with E-state index in [1.54, 1.807) is 42.5 Å². The van der Waals surface area contributed by atoms with Gasteiger partial charge in [0, 0.05) is 48.6 Å². The van der Waals surface area contributed by atoms with Gasteiger partial charge in [-0.05, 0) is 18.2 Å². The maximum Gasteiger partial charge on any atom is 0.238 e. The third-order valence-electron chi connectivity index (χ3n) is 6.09. The molecule has 6 nitrogen and oxygen atoms in total. The van der Waals surface area contributed by atoms with Crippen LogP contribution in [0, 0.1) is 0 Å². The number of hydrogen-bond acceptors (Lipinski definition) is 5. The monoisotopic (exact) mass is 425 g/mol. The lowest BCUT2D eigenvalue weighted by atomic mass is 9.83. The maximum atomic E-state index is 13.1. The minimum absolute atomic E-state index is 0.189. The number of carbonyl (C=O) groups is 3. The molecule has 0 unspecified atom stereocenters. The summed E-state index contributed by atoms with van der Waals surface area (Å²) in [7, 11) is 0. The van der Waals surface area contributed by atoms with Crippen molar-refractivity contribution in [1.29, 1.82) is 0 Å². The fraction of sp³-hybridized carbons (Fsp3) is 0.192. The Morgan fingerprint density at radius 1 is 0.719 bits per heavy atom. The van der Waals surface area contributed by atoms with Crippen LogP contribution in [0.15, 0.2) is 72.8 Å². The number of ketones is 2. The number of carbonyl (C=O) groups excluding carboxylic acids is 3. The second-order valence-corrected chi connectivity index (χ2v) is 8.08. The summed E-state index contributed by atoms with van der Waals surface area (Å²) in [6, 6.07) is 22.1. The molecule has 0 bridgehead atoms. The minimum Gasteiger partial charge on any atom is -0.369 e. The van der Waals surface area contributed by atoms with Crippen molar-refractivity contribution in [2.45, 2.75) is 0 Å². The summed E-state index contributed by atoms with van der Waals surface area (Å²) in [6.07, 6.45) is 0. The van der Waals surface area contributed by atoms with Gasteiger partial charge in [-0.15, -0.1) is 0 Å². The smallest absolute Gasteiger partial charge is 0.238 e. The predicted octanol–water partition coefficient (Wildman–Crippen LogP) is 3.22. The Balaban J connectivity index is 1.27. The molecule has 32 heavy (non-hydrogen) atoms. The van der Waals surface area contributed by atoms with Gasteiger partial charge in [0.05, 0.1) is 17.8 Å². The summed E-state index contributed by atoms with van der Waals surface area (Å²) in [5.41, 5.74) is 2.98. The van der Waals surface area contributed by atoms with Crippen LogP contribution < -0.4 is 10.2 Å². The summed E-state index contributed by atoms with van der Waals surface area (Å²) in [5, 5.41) is 2.87. The van der Waals surface area contributed by atoms with Crippen molar-refractivity contribution >= 4 is 28.8 Å². The third kappa shape index (κ3) is 3.69.